The molecule has 0 unspecified atom stereocenters. The summed E-state index contributed by atoms with van der Waals surface area (Å²) in [5.41, 5.74) is 0. The van der Waals surface area contributed by atoms with E-state index in [1.54, 1.807) is 6.07 Å². The number of rotatable bonds is 8. The van der Waals surface area contributed by atoms with Crippen LogP contribution < -0.4 is 5.32 Å². The average Bonchev–Trinajstić information content (AvgIpc) is 2.36. The number of anilines is 1. The number of hydrogen-bond donors (Lipinski definition) is 1. The fraction of sp³-hybridized carbons (Fsp3) is 0.692. The lowest BCUT2D eigenvalue weighted by Crippen LogP contribution is -2.31. The first kappa shape index (κ1) is 18.1. The van der Waals surface area contributed by atoms with Crippen LogP contribution in [0.15, 0.2) is 6.07 Å². The van der Waals surface area contributed by atoms with E-state index in [1.165, 1.54) is 10.6 Å². The molecular formula is C13H23ClN4O2S. The minimum Gasteiger partial charge on any atom is -0.370 e. The summed E-state index contributed by atoms with van der Waals surface area (Å²) in [6.45, 7) is 7.42. The van der Waals surface area contributed by atoms with Crippen molar-refractivity contribution in [3.63, 3.8) is 0 Å². The minimum absolute atomic E-state index is 0.199. The van der Waals surface area contributed by atoms with Gasteiger partial charge in [-0.15, -0.1) is 0 Å². The Balaban J connectivity index is 2.53. The molecular weight excluding hydrogens is 312 g/mol. The molecule has 21 heavy (non-hydrogen) atoms. The van der Waals surface area contributed by atoms with Gasteiger partial charge in [-0.1, -0.05) is 32.4 Å². The number of aromatic nitrogens is 2. The van der Waals surface area contributed by atoms with E-state index in [-0.39, 0.29) is 5.92 Å². The van der Waals surface area contributed by atoms with Gasteiger partial charge in [0.2, 0.25) is 10.0 Å². The second-order valence-electron chi connectivity index (χ2n) is 5.12. The Labute approximate surface area is 132 Å². The standard InChI is InChI=1S/C13H23ClN4O2S/c1-5-18(21(4,19)20)8-6-7-15-12-9-11(14)16-13(17-12)10(2)3/h9-10H,5-8H2,1-4H3,(H,15,16,17). The molecule has 1 aromatic heterocycles. The Morgan fingerprint density at radius 3 is 2.57 bits per heavy atom. The van der Waals surface area contributed by atoms with Crippen molar-refractivity contribution in [2.75, 3.05) is 31.2 Å². The zero-order valence-corrected chi connectivity index (χ0v) is 14.5. The largest absolute Gasteiger partial charge is 0.370 e. The van der Waals surface area contributed by atoms with Crippen LogP contribution in [-0.2, 0) is 10.0 Å². The van der Waals surface area contributed by atoms with Crippen LogP contribution in [-0.4, -0.2) is 48.6 Å². The maximum Gasteiger partial charge on any atom is 0.211 e. The highest BCUT2D eigenvalue weighted by Gasteiger charge is 2.13. The molecule has 0 radical (unpaired) electrons. The summed E-state index contributed by atoms with van der Waals surface area (Å²) < 4.78 is 24.4. The van der Waals surface area contributed by atoms with Gasteiger partial charge in [0.15, 0.2) is 0 Å². The lowest BCUT2D eigenvalue weighted by Gasteiger charge is -2.17. The number of sulfonamides is 1. The molecule has 0 aliphatic rings. The summed E-state index contributed by atoms with van der Waals surface area (Å²) in [5.74, 6) is 1.56. The van der Waals surface area contributed by atoms with E-state index in [1.807, 2.05) is 20.8 Å². The quantitative estimate of drug-likeness (QED) is 0.583. The summed E-state index contributed by atoms with van der Waals surface area (Å²) >= 11 is 5.96. The second-order valence-corrected chi connectivity index (χ2v) is 7.49. The zero-order chi connectivity index (χ0) is 16.0. The van der Waals surface area contributed by atoms with Crippen LogP contribution in [0.4, 0.5) is 5.82 Å². The van der Waals surface area contributed by atoms with E-state index in [4.69, 9.17) is 11.6 Å². The van der Waals surface area contributed by atoms with E-state index in [0.29, 0.717) is 42.9 Å². The molecule has 1 aromatic rings. The highest BCUT2D eigenvalue weighted by molar-refractivity contribution is 7.88. The summed E-state index contributed by atoms with van der Waals surface area (Å²) in [5, 5.41) is 3.56. The molecule has 0 aromatic carbocycles. The summed E-state index contributed by atoms with van der Waals surface area (Å²) in [4.78, 5) is 8.54. The van der Waals surface area contributed by atoms with Crippen LogP contribution in [0.2, 0.25) is 5.15 Å². The molecule has 1 rings (SSSR count). The normalized spacial score (nSPS) is 12.1. The fourth-order valence-corrected chi connectivity index (χ4v) is 2.93. The number of nitrogens with zero attached hydrogens (tertiary/aromatic N) is 3. The van der Waals surface area contributed by atoms with Crippen LogP contribution in [0.25, 0.3) is 0 Å². The van der Waals surface area contributed by atoms with Crippen LogP contribution in [0.3, 0.4) is 0 Å². The van der Waals surface area contributed by atoms with Gasteiger partial charge in [0.25, 0.3) is 0 Å². The van der Waals surface area contributed by atoms with Crippen molar-refractivity contribution in [2.24, 2.45) is 0 Å². The van der Waals surface area contributed by atoms with Gasteiger partial charge < -0.3 is 5.32 Å². The topological polar surface area (TPSA) is 75.2 Å². The Kier molecular flexibility index (Phi) is 6.83. The van der Waals surface area contributed by atoms with Gasteiger partial charge in [-0.25, -0.2) is 22.7 Å². The molecule has 0 atom stereocenters. The van der Waals surface area contributed by atoms with Crippen molar-refractivity contribution in [2.45, 2.75) is 33.1 Å². The molecule has 0 aliphatic heterocycles. The van der Waals surface area contributed by atoms with Gasteiger partial charge in [-0.2, -0.15) is 0 Å². The highest BCUT2D eigenvalue weighted by Crippen LogP contribution is 2.16. The third-order valence-corrected chi connectivity index (χ3v) is 4.51. The van der Waals surface area contributed by atoms with Gasteiger partial charge in [-0.3, -0.25) is 0 Å². The molecule has 0 saturated carbocycles. The summed E-state index contributed by atoms with van der Waals surface area (Å²) in [6.07, 6.45) is 1.92. The molecule has 120 valence electrons. The lowest BCUT2D eigenvalue weighted by atomic mass is 10.2. The first-order valence-corrected chi connectivity index (χ1v) is 9.20. The molecule has 0 bridgehead atoms. The van der Waals surface area contributed by atoms with E-state index in [9.17, 15) is 8.42 Å². The van der Waals surface area contributed by atoms with Crippen LogP contribution in [0, 0.1) is 0 Å². The summed E-state index contributed by atoms with van der Waals surface area (Å²) in [7, 11) is -3.13. The van der Waals surface area contributed by atoms with Crippen molar-refractivity contribution >= 4 is 27.4 Å². The van der Waals surface area contributed by atoms with E-state index < -0.39 is 10.0 Å². The Hall–Kier alpha value is -0.920. The summed E-state index contributed by atoms with van der Waals surface area (Å²) in [6, 6.07) is 1.67. The van der Waals surface area contributed by atoms with Gasteiger partial charge in [0, 0.05) is 31.6 Å². The molecule has 0 saturated heterocycles. The number of nitrogens with one attached hydrogen (secondary N) is 1. The third-order valence-electron chi connectivity index (χ3n) is 2.94. The van der Waals surface area contributed by atoms with Crippen molar-refractivity contribution < 1.29 is 8.42 Å². The van der Waals surface area contributed by atoms with E-state index in [0.717, 1.165) is 0 Å². The van der Waals surface area contributed by atoms with E-state index >= 15 is 0 Å². The molecule has 0 spiro atoms. The number of hydrogen-bond acceptors (Lipinski definition) is 5. The van der Waals surface area contributed by atoms with Gasteiger partial charge in [0.1, 0.15) is 16.8 Å². The third kappa shape index (κ3) is 6.15. The zero-order valence-electron chi connectivity index (χ0n) is 12.9. The first-order chi connectivity index (χ1) is 9.74. The first-order valence-electron chi connectivity index (χ1n) is 6.97. The van der Waals surface area contributed by atoms with Crippen LogP contribution >= 0.6 is 11.6 Å². The Morgan fingerprint density at radius 2 is 2.05 bits per heavy atom. The highest BCUT2D eigenvalue weighted by atomic mass is 35.5. The van der Waals surface area contributed by atoms with Gasteiger partial charge in [0.05, 0.1) is 6.26 Å². The van der Waals surface area contributed by atoms with Gasteiger partial charge in [-0.05, 0) is 6.42 Å². The molecule has 0 aliphatic carbocycles. The monoisotopic (exact) mass is 334 g/mol. The molecule has 0 fully saturated rings. The van der Waals surface area contributed by atoms with Crippen molar-refractivity contribution in [1.29, 1.82) is 0 Å². The van der Waals surface area contributed by atoms with Gasteiger partial charge >= 0.3 is 0 Å². The molecule has 1 heterocycles. The smallest absolute Gasteiger partial charge is 0.211 e. The Bertz CT molecular complexity index is 563. The average molecular weight is 335 g/mol. The van der Waals surface area contributed by atoms with Crippen molar-refractivity contribution in [3.05, 3.63) is 17.0 Å². The van der Waals surface area contributed by atoms with Crippen molar-refractivity contribution in [3.8, 4) is 0 Å². The Morgan fingerprint density at radius 1 is 1.38 bits per heavy atom. The van der Waals surface area contributed by atoms with Crippen LogP contribution in [0.1, 0.15) is 38.9 Å². The minimum atomic E-state index is -3.13. The van der Waals surface area contributed by atoms with E-state index in [2.05, 4.69) is 15.3 Å². The maximum atomic E-state index is 11.5. The predicted molar refractivity (Wildman–Crippen MR) is 86.3 cm³/mol. The maximum absolute atomic E-state index is 11.5. The predicted octanol–water partition coefficient (Wildman–Crippen LogP) is 2.34. The van der Waals surface area contributed by atoms with Crippen molar-refractivity contribution in [1.82, 2.24) is 14.3 Å². The molecule has 8 heteroatoms. The van der Waals surface area contributed by atoms with Crippen LogP contribution in [0.5, 0.6) is 0 Å². The molecule has 1 N–H and O–H groups in total. The second kappa shape index (κ2) is 7.91. The number of halogens is 1. The molecule has 0 amide bonds. The molecule has 6 nitrogen and oxygen atoms in total. The SMILES string of the molecule is CCN(CCCNc1cc(Cl)nc(C(C)C)n1)S(C)(=O)=O. The fourth-order valence-electron chi connectivity index (χ4n) is 1.81. The lowest BCUT2D eigenvalue weighted by molar-refractivity contribution is 0.428.